The Labute approximate surface area is 103 Å². The number of hydrogen-bond donors (Lipinski definition) is 3. The average molecular weight is 240 g/mol. The van der Waals surface area contributed by atoms with E-state index in [2.05, 4.69) is 25.5 Å². The zero-order valence-corrected chi connectivity index (χ0v) is 9.59. The van der Waals surface area contributed by atoms with Gasteiger partial charge in [-0.1, -0.05) is 0 Å². The monoisotopic (exact) mass is 240 g/mol. The van der Waals surface area contributed by atoms with Crippen molar-refractivity contribution in [2.45, 2.75) is 6.54 Å². The first-order chi connectivity index (χ1) is 8.84. The standard InChI is InChI=1S/C12H12N6/c13-10-1-2-11(9-5-14-4-3-8(9)10)15-6-12-16-7-17-18-12/h1-5,7,15H,6,13H2,(H,16,17,18). The van der Waals surface area contributed by atoms with Gasteiger partial charge in [-0.3, -0.25) is 10.1 Å². The molecule has 0 aliphatic carbocycles. The Morgan fingerprint density at radius 2 is 2.17 bits per heavy atom. The Balaban J connectivity index is 1.94. The maximum atomic E-state index is 5.93. The summed E-state index contributed by atoms with van der Waals surface area (Å²) in [4.78, 5) is 8.19. The molecule has 2 heterocycles. The summed E-state index contributed by atoms with van der Waals surface area (Å²) in [5.41, 5.74) is 7.66. The van der Waals surface area contributed by atoms with Crippen molar-refractivity contribution < 1.29 is 0 Å². The molecule has 0 aliphatic heterocycles. The average Bonchev–Trinajstić information content (AvgIpc) is 2.92. The van der Waals surface area contributed by atoms with Gasteiger partial charge in [0.05, 0.1) is 6.54 Å². The molecule has 2 aromatic heterocycles. The van der Waals surface area contributed by atoms with Crippen molar-refractivity contribution in [3.8, 4) is 0 Å². The minimum atomic E-state index is 0.577. The third-order valence-corrected chi connectivity index (χ3v) is 2.76. The fourth-order valence-corrected chi connectivity index (χ4v) is 1.86. The molecule has 0 radical (unpaired) electrons. The van der Waals surface area contributed by atoms with Crippen molar-refractivity contribution in [2.75, 3.05) is 11.1 Å². The predicted octanol–water partition coefficient (Wildman–Crippen LogP) is 1.55. The van der Waals surface area contributed by atoms with Crippen LogP contribution < -0.4 is 11.1 Å². The molecule has 0 unspecified atom stereocenters. The maximum absolute atomic E-state index is 5.93. The molecule has 0 atom stereocenters. The van der Waals surface area contributed by atoms with Crippen LogP contribution in [0.4, 0.5) is 11.4 Å². The predicted molar refractivity (Wildman–Crippen MR) is 69.9 cm³/mol. The quantitative estimate of drug-likeness (QED) is 0.604. The van der Waals surface area contributed by atoms with Crippen LogP contribution in [-0.2, 0) is 6.54 Å². The summed E-state index contributed by atoms with van der Waals surface area (Å²) in [6, 6.07) is 5.73. The van der Waals surface area contributed by atoms with Gasteiger partial charge in [0.1, 0.15) is 12.2 Å². The molecule has 0 saturated carbocycles. The molecule has 18 heavy (non-hydrogen) atoms. The number of H-pyrrole nitrogens is 1. The first kappa shape index (κ1) is 10.5. The second kappa shape index (κ2) is 4.33. The molecule has 0 aliphatic rings. The smallest absolute Gasteiger partial charge is 0.143 e. The fraction of sp³-hybridized carbons (Fsp3) is 0.0833. The number of pyridine rings is 1. The number of hydrogen-bond acceptors (Lipinski definition) is 5. The van der Waals surface area contributed by atoms with Crippen LogP contribution in [0.2, 0.25) is 0 Å². The number of aromatic amines is 1. The molecule has 3 rings (SSSR count). The number of anilines is 2. The summed E-state index contributed by atoms with van der Waals surface area (Å²) in [5, 5.41) is 11.9. The SMILES string of the molecule is Nc1ccc(NCc2ncn[nH]2)c2cnccc12. The lowest BCUT2D eigenvalue weighted by Gasteiger charge is -2.09. The summed E-state index contributed by atoms with van der Waals surface area (Å²) >= 11 is 0. The molecular formula is C12H12N6. The largest absolute Gasteiger partial charge is 0.398 e. The third kappa shape index (κ3) is 1.84. The van der Waals surface area contributed by atoms with Gasteiger partial charge in [0.25, 0.3) is 0 Å². The van der Waals surface area contributed by atoms with E-state index in [0.717, 1.165) is 28.0 Å². The van der Waals surface area contributed by atoms with E-state index in [0.29, 0.717) is 6.54 Å². The molecule has 1 aromatic carbocycles. The number of aromatic nitrogens is 4. The summed E-state index contributed by atoms with van der Waals surface area (Å²) in [7, 11) is 0. The molecule has 0 fully saturated rings. The molecule has 0 spiro atoms. The van der Waals surface area contributed by atoms with Gasteiger partial charge in [0, 0.05) is 34.5 Å². The van der Waals surface area contributed by atoms with E-state index in [-0.39, 0.29) is 0 Å². The van der Waals surface area contributed by atoms with Crippen LogP contribution in [0.5, 0.6) is 0 Å². The molecule has 0 amide bonds. The molecule has 6 nitrogen and oxygen atoms in total. The van der Waals surface area contributed by atoms with Gasteiger partial charge < -0.3 is 11.1 Å². The Hall–Kier alpha value is -2.63. The maximum Gasteiger partial charge on any atom is 0.143 e. The van der Waals surface area contributed by atoms with Crippen molar-refractivity contribution in [2.24, 2.45) is 0 Å². The van der Waals surface area contributed by atoms with Gasteiger partial charge in [-0.2, -0.15) is 5.10 Å². The van der Waals surface area contributed by atoms with Crippen LogP contribution in [0.1, 0.15) is 5.82 Å². The van der Waals surface area contributed by atoms with Gasteiger partial charge in [0.15, 0.2) is 0 Å². The number of nitrogens with zero attached hydrogens (tertiary/aromatic N) is 3. The normalized spacial score (nSPS) is 10.7. The Morgan fingerprint density at radius 1 is 1.22 bits per heavy atom. The molecule has 4 N–H and O–H groups in total. The van der Waals surface area contributed by atoms with Crippen LogP contribution in [0.3, 0.4) is 0 Å². The Kier molecular flexibility index (Phi) is 2.53. The van der Waals surface area contributed by atoms with Crippen molar-refractivity contribution in [1.29, 1.82) is 0 Å². The van der Waals surface area contributed by atoms with Crippen LogP contribution in [0, 0.1) is 0 Å². The van der Waals surface area contributed by atoms with Gasteiger partial charge in [-0.05, 0) is 18.2 Å². The number of nitrogens with one attached hydrogen (secondary N) is 2. The van der Waals surface area contributed by atoms with E-state index < -0.39 is 0 Å². The highest BCUT2D eigenvalue weighted by Gasteiger charge is 2.04. The van der Waals surface area contributed by atoms with Crippen LogP contribution in [0.15, 0.2) is 36.9 Å². The van der Waals surface area contributed by atoms with Crippen LogP contribution >= 0.6 is 0 Å². The van der Waals surface area contributed by atoms with Gasteiger partial charge in [-0.25, -0.2) is 4.98 Å². The summed E-state index contributed by atoms with van der Waals surface area (Å²) in [5.74, 6) is 0.781. The summed E-state index contributed by atoms with van der Waals surface area (Å²) in [6.45, 7) is 0.577. The Morgan fingerprint density at radius 3 is 3.00 bits per heavy atom. The van der Waals surface area contributed by atoms with Gasteiger partial charge in [-0.15, -0.1) is 0 Å². The van der Waals surface area contributed by atoms with Crippen molar-refractivity contribution >= 4 is 22.1 Å². The lowest BCUT2D eigenvalue weighted by molar-refractivity contribution is 0.956. The van der Waals surface area contributed by atoms with E-state index in [1.165, 1.54) is 6.33 Å². The second-order valence-electron chi connectivity index (χ2n) is 3.91. The minimum Gasteiger partial charge on any atom is -0.398 e. The first-order valence-electron chi connectivity index (χ1n) is 5.55. The molecular weight excluding hydrogens is 228 g/mol. The van der Waals surface area contributed by atoms with Crippen LogP contribution in [-0.4, -0.2) is 20.2 Å². The zero-order valence-electron chi connectivity index (χ0n) is 9.59. The molecule has 6 heteroatoms. The number of nitrogens with two attached hydrogens (primary N) is 1. The highest BCUT2D eigenvalue weighted by atomic mass is 15.2. The third-order valence-electron chi connectivity index (χ3n) is 2.76. The first-order valence-corrected chi connectivity index (χ1v) is 5.55. The van der Waals surface area contributed by atoms with Gasteiger partial charge in [0.2, 0.25) is 0 Å². The molecule has 3 aromatic rings. The van der Waals surface area contributed by atoms with Crippen molar-refractivity contribution in [1.82, 2.24) is 20.2 Å². The topological polar surface area (TPSA) is 92.5 Å². The fourth-order valence-electron chi connectivity index (χ4n) is 1.86. The number of nitrogen functional groups attached to an aromatic ring is 1. The van der Waals surface area contributed by atoms with E-state index in [1.807, 2.05) is 18.2 Å². The van der Waals surface area contributed by atoms with Crippen molar-refractivity contribution in [3.63, 3.8) is 0 Å². The van der Waals surface area contributed by atoms with E-state index in [1.54, 1.807) is 12.4 Å². The van der Waals surface area contributed by atoms with E-state index in [9.17, 15) is 0 Å². The van der Waals surface area contributed by atoms with Gasteiger partial charge >= 0.3 is 0 Å². The lowest BCUT2D eigenvalue weighted by Crippen LogP contribution is -2.02. The summed E-state index contributed by atoms with van der Waals surface area (Å²) < 4.78 is 0. The highest BCUT2D eigenvalue weighted by molar-refractivity contribution is 6.00. The van der Waals surface area contributed by atoms with E-state index >= 15 is 0 Å². The highest BCUT2D eigenvalue weighted by Crippen LogP contribution is 2.27. The lowest BCUT2D eigenvalue weighted by atomic mass is 10.1. The Bertz CT molecular complexity index is 661. The zero-order chi connectivity index (χ0) is 12.4. The number of benzene rings is 1. The minimum absolute atomic E-state index is 0.577. The van der Waals surface area contributed by atoms with E-state index in [4.69, 9.17) is 5.73 Å². The number of rotatable bonds is 3. The molecule has 90 valence electrons. The number of fused-ring (bicyclic) bond motifs is 1. The molecule has 0 saturated heterocycles. The molecule has 0 bridgehead atoms. The summed E-state index contributed by atoms with van der Waals surface area (Å²) in [6.07, 6.45) is 5.02. The van der Waals surface area contributed by atoms with Crippen LogP contribution in [0.25, 0.3) is 10.8 Å². The van der Waals surface area contributed by atoms with Crippen molar-refractivity contribution in [3.05, 3.63) is 42.7 Å². The second-order valence-corrected chi connectivity index (χ2v) is 3.91.